The zero-order chi connectivity index (χ0) is 14.2. The number of aromatic nitrogens is 2. The number of aromatic amines is 1. The highest BCUT2D eigenvalue weighted by Gasteiger charge is 2.30. The van der Waals surface area contributed by atoms with E-state index >= 15 is 0 Å². The molecule has 1 aliphatic heterocycles. The number of nitrogens with zero attached hydrogens (tertiary/aromatic N) is 1. The number of hydrogen-bond donors (Lipinski definition) is 2. The quantitative estimate of drug-likeness (QED) is 0.888. The summed E-state index contributed by atoms with van der Waals surface area (Å²) in [5.41, 5.74) is 2.05. The van der Waals surface area contributed by atoms with Gasteiger partial charge in [-0.05, 0) is 11.6 Å². The van der Waals surface area contributed by atoms with Gasteiger partial charge in [0.25, 0.3) is 0 Å². The SMILES string of the molecule is FC(F)(F)c1cccc(Cc2nc3c([nH]2)CNCC3)c1. The molecule has 0 saturated carbocycles. The molecule has 106 valence electrons. The maximum atomic E-state index is 12.7. The second kappa shape index (κ2) is 4.94. The van der Waals surface area contributed by atoms with Gasteiger partial charge in [-0.15, -0.1) is 0 Å². The Labute approximate surface area is 114 Å². The van der Waals surface area contributed by atoms with Crippen molar-refractivity contribution in [2.24, 2.45) is 0 Å². The van der Waals surface area contributed by atoms with E-state index in [0.29, 0.717) is 12.0 Å². The van der Waals surface area contributed by atoms with Gasteiger partial charge in [0.1, 0.15) is 5.82 Å². The summed E-state index contributed by atoms with van der Waals surface area (Å²) < 4.78 is 38.0. The van der Waals surface area contributed by atoms with Crippen LogP contribution in [0.1, 0.15) is 28.3 Å². The Morgan fingerprint density at radius 2 is 2.10 bits per heavy atom. The Morgan fingerprint density at radius 1 is 1.25 bits per heavy atom. The highest BCUT2D eigenvalue weighted by Crippen LogP contribution is 2.29. The van der Waals surface area contributed by atoms with E-state index in [1.807, 2.05) is 0 Å². The van der Waals surface area contributed by atoms with Crippen LogP contribution in [0, 0.1) is 0 Å². The molecule has 1 aromatic carbocycles. The summed E-state index contributed by atoms with van der Waals surface area (Å²) >= 11 is 0. The van der Waals surface area contributed by atoms with Crippen molar-refractivity contribution in [2.75, 3.05) is 6.54 Å². The first-order chi connectivity index (χ1) is 9.52. The first-order valence-electron chi connectivity index (χ1n) is 6.46. The highest BCUT2D eigenvalue weighted by molar-refractivity contribution is 5.29. The van der Waals surface area contributed by atoms with Gasteiger partial charge in [-0.3, -0.25) is 0 Å². The van der Waals surface area contributed by atoms with Crippen LogP contribution in [0.2, 0.25) is 0 Å². The van der Waals surface area contributed by atoms with Gasteiger partial charge in [-0.25, -0.2) is 4.98 Å². The first-order valence-corrected chi connectivity index (χ1v) is 6.46. The van der Waals surface area contributed by atoms with Gasteiger partial charge >= 0.3 is 6.18 Å². The number of fused-ring (bicyclic) bond motifs is 1. The minimum atomic E-state index is -4.30. The summed E-state index contributed by atoms with van der Waals surface area (Å²) in [7, 11) is 0. The topological polar surface area (TPSA) is 40.7 Å². The van der Waals surface area contributed by atoms with Crippen molar-refractivity contribution in [1.82, 2.24) is 15.3 Å². The number of benzene rings is 1. The molecule has 0 unspecified atom stereocenters. The maximum Gasteiger partial charge on any atom is 0.416 e. The second-order valence-corrected chi connectivity index (χ2v) is 4.91. The standard InChI is InChI=1S/C14H14F3N3/c15-14(16,17)10-3-1-2-9(6-10)7-13-19-11-4-5-18-8-12(11)20-13/h1-3,6,18H,4-5,7-8H2,(H,19,20). The molecule has 0 fully saturated rings. The summed E-state index contributed by atoms with van der Waals surface area (Å²) in [6.45, 7) is 1.63. The Balaban J connectivity index is 1.82. The van der Waals surface area contributed by atoms with Crippen molar-refractivity contribution >= 4 is 0 Å². The number of hydrogen-bond acceptors (Lipinski definition) is 2. The molecule has 0 aliphatic carbocycles. The lowest BCUT2D eigenvalue weighted by molar-refractivity contribution is -0.137. The molecular formula is C14H14F3N3. The van der Waals surface area contributed by atoms with Crippen molar-refractivity contribution in [3.63, 3.8) is 0 Å². The van der Waals surface area contributed by atoms with Gasteiger partial charge in [0, 0.05) is 25.9 Å². The number of nitrogens with one attached hydrogen (secondary N) is 2. The normalized spacial score (nSPS) is 15.2. The second-order valence-electron chi connectivity index (χ2n) is 4.91. The van der Waals surface area contributed by atoms with Crippen LogP contribution in [0.25, 0.3) is 0 Å². The number of rotatable bonds is 2. The lowest BCUT2D eigenvalue weighted by Crippen LogP contribution is -2.23. The largest absolute Gasteiger partial charge is 0.416 e. The number of H-pyrrole nitrogens is 1. The van der Waals surface area contributed by atoms with E-state index in [1.165, 1.54) is 12.1 Å². The van der Waals surface area contributed by atoms with Crippen LogP contribution in [0.3, 0.4) is 0 Å². The summed E-state index contributed by atoms with van der Waals surface area (Å²) in [4.78, 5) is 7.65. The minimum Gasteiger partial charge on any atom is -0.344 e. The molecule has 0 saturated heterocycles. The highest BCUT2D eigenvalue weighted by atomic mass is 19.4. The van der Waals surface area contributed by atoms with Gasteiger partial charge in [0.05, 0.1) is 17.0 Å². The molecule has 0 radical (unpaired) electrons. The minimum absolute atomic E-state index is 0.386. The predicted molar refractivity (Wildman–Crippen MR) is 68.2 cm³/mol. The summed E-state index contributed by atoms with van der Waals surface area (Å²) in [5.74, 6) is 0.720. The molecule has 0 spiro atoms. The van der Waals surface area contributed by atoms with Crippen LogP contribution in [0.15, 0.2) is 24.3 Å². The van der Waals surface area contributed by atoms with Gasteiger partial charge in [-0.2, -0.15) is 13.2 Å². The zero-order valence-electron chi connectivity index (χ0n) is 10.7. The molecule has 0 amide bonds. The van der Waals surface area contributed by atoms with Crippen LogP contribution < -0.4 is 5.32 Å². The molecule has 3 nitrogen and oxygen atoms in total. The van der Waals surface area contributed by atoms with Crippen molar-refractivity contribution in [1.29, 1.82) is 0 Å². The molecule has 0 bridgehead atoms. The van der Waals surface area contributed by atoms with Crippen molar-refractivity contribution < 1.29 is 13.2 Å². The average molecular weight is 281 g/mol. The maximum absolute atomic E-state index is 12.7. The fourth-order valence-electron chi connectivity index (χ4n) is 2.41. The molecule has 0 atom stereocenters. The number of imidazole rings is 1. The lowest BCUT2D eigenvalue weighted by Gasteiger charge is -2.09. The van der Waals surface area contributed by atoms with Crippen LogP contribution >= 0.6 is 0 Å². The van der Waals surface area contributed by atoms with Gasteiger partial charge < -0.3 is 10.3 Å². The van der Waals surface area contributed by atoms with Crippen molar-refractivity contribution in [2.45, 2.75) is 25.6 Å². The van der Waals surface area contributed by atoms with Gasteiger partial charge in [0.2, 0.25) is 0 Å². The Kier molecular flexibility index (Phi) is 3.25. The zero-order valence-corrected chi connectivity index (χ0v) is 10.7. The monoisotopic (exact) mass is 281 g/mol. The fraction of sp³-hybridized carbons (Fsp3) is 0.357. The Hall–Kier alpha value is -1.82. The van der Waals surface area contributed by atoms with Crippen LogP contribution in [-0.2, 0) is 25.6 Å². The van der Waals surface area contributed by atoms with E-state index in [4.69, 9.17) is 0 Å². The molecule has 2 heterocycles. The van der Waals surface area contributed by atoms with E-state index in [2.05, 4.69) is 15.3 Å². The fourth-order valence-corrected chi connectivity index (χ4v) is 2.41. The van der Waals surface area contributed by atoms with Gasteiger partial charge in [0.15, 0.2) is 0 Å². The predicted octanol–water partition coefficient (Wildman–Crippen LogP) is 2.67. The Bertz CT molecular complexity index is 593. The smallest absolute Gasteiger partial charge is 0.344 e. The van der Waals surface area contributed by atoms with E-state index in [-0.39, 0.29) is 0 Å². The first kappa shape index (κ1) is 13.2. The van der Waals surface area contributed by atoms with Crippen LogP contribution in [-0.4, -0.2) is 16.5 Å². The molecule has 3 rings (SSSR count). The number of halogens is 3. The van der Waals surface area contributed by atoms with Crippen LogP contribution in [0.5, 0.6) is 0 Å². The number of alkyl halides is 3. The van der Waals surface area contributed by atoms with E-state index < -0.39 is 11.7 Å². The molecule has 1 aromatic heterocycles. The molecule has 2 aromatic rings. The average Bonchev–Trinajstić information content (AvgIpc) is 2.80. The molecule has 2 N–H and O–H groups in total. The lowest BCUT2D eigenvalue weighted by atomic mass is 10.1. The van der Waals surface area contributed by atoms with Crippen LogP contribution in [0.4, 0.5) is 13.2 Å². The summed E-state index contributed by atoms with van der Waals surface area (Å²) in [6, 6.07) is 5.39. The van der Waals surface area contributed by atoms with Gasteiger partial charge in [-0.1, -0.05) is 18.2 Å². The molecule has 1 aliphatic rings. The molecular weight excluding hydrogens is 267 g/mol. The Morgan fingerprint density at radius 3 is 2.85 bits per heavy atom. The third-order valence-electron chi connectivity index (χ3n) is 3.38. The summed E-state index contributed by atoms with van der Waals surface area (Å²) in [6.07, 6.45) is -3.06. The van der Waals surface area contributed by atoms with Crippen molar-refractivity contribution in [3.8, 4) is 0 Å². The van der Waals surface area contributed by atoms with E-state index in [9.17, 15) is 13.2 Å². The van der Waals surface area contributed by atoms with Crippen molar-refractivity contribution in [3.05, 3.63) is 52.6 Å². The van der Waals surface area contributed by atoms with E-state index in [0.717, 1.165) is 42.8 Å². The third-order valence-corrected chi connectivity index (χ3v) is 3.38. The van der Waals surface area contributed by atoms with E-state index in [1.54, 1.807) is 6.07 Å². The molecule has 6 heteroatoms. The summed E-state index contributed by atoms with van der Waals surface area (Å²) in [5, 5.41) is 3.23. The third kappa shape index (κ3) is 2.70. The molecule has 20 heavy (non-hydrogen) atoms.